The number of hydrogen-bond donors (Lipinski definition) is 3. The highest BCUT2D eigenvalue weighted by molar-refractivity contribution is 5.95. The minimum Gasteiger partial charge on any atom is -0.478 e. The Morgan fingerprint density at radius 1 is 0.960 bits per heavy atom. The van der Waals surface area contributed by atoms with Gasteiger partial charge < -0.3 is 24.8 Å². The second kappa shape index (κ2) is 7.91. The molecule has 3 N–H and O–H groups in total. The van der Waals surface area contributed by atoms with Gasteiger partial charge in [0, 0.05) is 18.9 Å². The maximum absolute atomic E-state index is 11.3. The molecule has 2 saturated heterocycles. The van der Waals surface area contributed by atoms with Gasteiger partial charge in [0.1, 0.15) is 0 Å². The third kappa shape index (κ3) is 5.40. The zero-order valence-electron chi connectivity index (χ0n) is 13.3. The van der Waals surface area contributed by atoms with E-state index in [1.54, 1.807) is 0 Å². The molecule has 2 heterocycles. The molecule has 0 aromatic heterocycles. The number of carboxylic acid groups (broad SMARTS) is 3. The minimum atomic E-state index is -1.05. The summed E-state index contributed by atoms with van der Waals surface area (Å²) in [5.74, 6) is -3.07. The molecular formula is C17H18O8. The average Bonchev–Trinajstić information content (AvgIpc) is 3.44. The molecule has 8 nitrogen and oxygen atoms in total. The molecule has 0 radical (unpaired) electrons. The molecule has 0 saturated carbocycles. The Morgan fingerprint density at radius 3 is 1.48 bits per heavy atom. The molecular weight excluding hydrogens is 332 g/mol. The molecule has 3 rings (SSSR count). The summed E-state index contributed by atoms with van der Waals surface area (Å²) in [5.41, 5.74) is 1.44. The van der Waals surface area contributed by atoms with E-state index >= 15 is 0 Å². The van der Waals surface area contributed by atoms with E-state index in [1.807, 2.05) is 0 Å². The van der Waals surface area contributed by atoms with Gasteiger partial charge in [-0.3, -0.25) is 0 Å². The minimum absolute atomic E-state index is 0.00369. The number of aliphatic carboxylic acids is 1. The van der Waals surface area contributed by atoms with E-state index in [1.165, 1.54) is 12.1 Å². The summed E-state index contributed by atoms with van der Waals surface area (Å²) in [6.45, 7) is 4.15. The first-order valence-corrected chi connectivity index (χ1v) is 7.53. The molecule has 2 aliphatic rings. The topological polar surface area (TPSA) is 137 Å². The maximum atomic E-state index is 11.3. The lowest BCUT2D eigenvalue weighted by atomic mass is 9.90. The van der Waals surface area contributed by atoms with Crippen molar-refractivity contribution in [1.82, 2.24) is 0 Å². The van der Waals surface area contributed by atoms with E-state index in [-0.39, 0.29) is 23.3 Å². The Morgan fingerprint density at radius 2 is 1.28 bits per heavy atom. The van der Waals surface area contributed by atoms with Gasteiger partial charge in [0.25, 0.3) is 0 Å². The first-order chi connectivity index (χ1) is 11.8. The van der Waals surface area contributed by atoms with E-state index in [0.717, 1.165) is 6.08 Å². The molecule has 1 aromatic rings. The lowest BCUT2D eigenvalue weighted by Crippen LogP contribution is -2.15. The predicted octanol–water partition coefficient (Wildman–Crippen LogP) is 1.22. The third-order valence-electron chi connectivity index (χ3n) is 3.73. The Labute approximate surface area is 143 Å². The van der Waals surface area contributed by atoms with Crippen LogP contribution in [0.5, 0.6) is 0 Å². The van der Waals surface area contributed by atoms with Crippen molar-refractivity contribution in [1.29, 1.82) is 0 Å². The van der Waals surface area contributed by atoms with Crippen molar-refractivity contribution in [2.75, 3.05) is 13.2 Å². The molecule has 0 bridgehead atoms. The van der Waals surface area contributed by atoms with Crippen molar-refractivity contribution in [2.45, 2.75) is 25.0 Å². The zero-order valence-corrected chi connectivity index (χ0v) is 13.3. The second-order valence-electron chi connectivity index (χ2n) is 5.59. The van der Waals surface area contributed by atoms with Crippen LogP contribution in [0.2, 0.25) is 0 Å². The molecule has 2 fully saturated rings. The number of rotatable bonds is 7. The fourth-order valence-corrected chi connectivity index (χ4v) is 2.39. The number of carbonyl (C=O) groups is 3. The van der Waals surface area contributed by atoms with Crippen molar-refractivity contribution < 1.29 is 39.2 Å². The van der Waals surface area contributed by atoms with E-state index in [9.17, 15) is 24.6 Å². The number of epoxide rings is 2. The SMILES string of the molecule is C=CC(=O)O.O=C(O)c1ccc(C(=O)O)c(CC2CO2)c1CC1CO1. The van der Waals surface area contributed by atoms with Crippen LogP contribution in [-0.2, 0) is 27.1 Å². The summed E-state index contributed by atoms with van der Waals surface area (Å²) >= 11 is 0. The van der Waals surface area contributed by atoms with Crippen molar-refractivity contribution in [3.63, 3.8) is 0 Å². The van der Waals surface area contributed by atoms with Gasteiger partial charge in [-0.25, -0.2) is 14.4 Å². The van der Waals surface area contributed by atoms with E-state index < -0.39 is 17.9 Å². The summed E-state index contributed by atoms with van der Waals surface area (Å²) < 4.78 is 10.3. The smallest absolute Gasteiger partial charge is 0.335 e. The van der Waals surface area contributed by atoms with Crippen molar-refractivity contribution in [2.24, 2.45) is 0 Å². The average molecular weight is 350 g/mol. The van der Waals surface area contributed by atoms with Crippen LogP contribution >= 0.6 is 0 Å². The van der Waals surface area contributed by atoms with Gasteiger partial charge in [0.05, 0.1) is 36.5 Å². The normalized spacial score (nSPS) is 20.0. The molecule has 25 heavy (non-hydrogen) atoms. The van der Waals surface area contributed by atoms with E-state index in [2.05, 4.69) is 6.58 Å². The molecule has 0 amide bonds. The first kappa shape index (κ1) is 18.6. The summed E-state index contributed by atoms with van der Waals surface area (Å²) in [4.78, 5) is 31.9. The van der Waals surface area contributed by atoms with Gasteiger partial charge in [-0.15, -0.1) is 0 Å². The van der Waals surface area contributed by atoms with Gasteiger partial charge in [0.2, 0.25) is 0 Å². The monoisotopic (exact) mass is 350 g/mol. The first-order valence-electron chi connectivity index (χ1n) is 7.53. The highest BCUT2D eigenvalue weighted by Crippen LogP contribution is 2.29. The Kier molecular flexibility index (Phi) is 5.89. The maximum Gasteiger partial charge on any atom is 0.335 e. The van der Waals surface area contributed by atoms with Gasteiger partial charge in [-0.05, 0) is 23.3 Å². The highest BCUT2D eigenvalue weighted by Gasteiger charge is 2.32. The Hall–Kier alpha value is -2.71. The number of carboxylic acids is 3. The molecule has 134 valence electrons. The molecule has 2 aliphatic heterocycles. The summed E-state index contributed by atoms with van der Waals surface area (Å²) in [6, 6.07) is 2.72. The van der Waals surface area contributed by atoms with Gasteiger partial charge in [0.15, 0.2) is 0 Å². The largest absolute Gasteiger partial charge is 0.478 e. The zero-order chi connectivity index (χ0) is 18.6. The summed E-state index contributed by atoms with van der Waals surface area (Å²) in [7, 11) is 0. The van der Waals surface area contributed by atoms with E-state index in [0.29, 0.717) is 37.2 Å². The summed E-state index contributed by atoms with van der Waals surface area (Å²) in [6.07, 6.45) is 1.70. The van der Waals surface area contributed by atoms with Crippen LogP contribution in [0.15, 0.2) is 24.8 Å². The molecule has 0 spiro atoms. The van der Waals surface area contributed by atoms with Crippen LogP contribution in [0.25, 0.3) is 0 Å². The third-order valence-corrected chi connectivity index (χ3v) is 3.73. The predicted molar refractivity (Wildman–Crippen MR) is 85.1 cm³/mol. The number of ether oxygens (including phenoxy) is 2. The Balaban J connectivity index is 0.000000399. The molecule has 2 atom stereocenters. The fraction of sp³-hybridized carbons (Fsp3) is 0.353. The molecule has 2 unspecified atom stereocenters. The van der Waals surface area contributed by atoms with Crippen molar-refractivity contribution in [3.05, 3.63) is 47.0 Å². The van der Waals surface area contributed by atoms with Crippen LogP contribution in [0.1, 0.15) is 31.8 Å². The lowest BCUT2D eigenvalue weighted by molar-refractivity contribution is -0.131. The quantitative estimate of drug-likeness (QED) is 0.493. The van der Waals surface area contributed by atoms with Crippen LogP contribution in [-0.4, -0.2) is 58.6 Å². The van der Waals surface area contributed by atoms with Crippen LogP contribution < -0.4 is 0 Å². The fourth-order valence-electron chi connectivity index (χ4n) is 2.39. The van der Waals surface area contributed by atoms with Crippen molar-refractivity contribution >= 4 is 17.9 Å². The highest BCUT2D eigenvalue weighted by atomic mass is 16.6. The Bertz CT molecular complexity index is 650. The van der Waals surface area contributed by atoms with Crippen LogP contribution in [0.3, 0.4) is 0 Å². The van der Waals surface area contributed by atoms with Gasteiger partial charge in [-0.2, -0.15) is 0 Å². The number of aromatic carboxylic acids is 2. The van der Waals surface area contributed by atoms with Crippen LogP contribution in [0, 0.1) is 0 Å². The lowest BCUT2D eigenvalue weighted by Gasteiger charge is -2.14. The standard InChI is InChI=1S/C14H14O6.C3H4O2/c15-13(16)9-1-2-10(14(17)18)12(4-8-6-20-8)11(9)3-7-5-19-7;1-2-3(4)5/h1-2,7-8H,3-6H2,(H,15,16)(H,17,18);2H,1H2,(H,4,5). The van der Waals surface area contributed by atoms with Crippen LogP contribution in [0.4, 0.5) is 0 Å². The van der Waals surface area contributed by atoms with Gasteiger partial charge >= 0.3 is 17.9 Å². The number of hydrogen-bond acceptors (Lipinski definition) is 5. The molecule has 1 aromatic carbocycles. The molecule has 8 heteroatoms. The van der Waals surface area contributed by atoms with Gasteiger partial charge in [-0.1, -0.05) is 6.58 Å². The molecule has 0 aliphatic carbocycles. The van der Waals surface area contributed by atoms with E-state index in [4.69, 9.17) is 14.6 Å². The number of benzene rings is 1. The second-order valence-corrected chi connectivity index (χ2v) is 5.59. The van der Waals surface area contributed by atoms with Crippen molar-refractivity contribution in [3.8, 4) is 0 Å². The summed E-state index contributed by atoms with van der Waals surface area (Å²) in [5, 5.41) is 26.2.